The SMILES string of the molecule is Cc1ccc(C)c(OCC(O)CN2C(=O)NC(c3ccccc3)(c3ccccc3)C2=O)c1C. The highest BCUT2D eigenvalue weighted by atomic mass is 16.5. The van der Waals surface area contributed by atoms with E-state index in [0.29, 0.717) is 16.9 Å². The molecule has 0 aromatic heterocycles. The summed E-state index contributed by atoms with van der Waals surface area (Å²) in [5, 5.41) is 13.6. The second-order valence-corrected chi connectivity index (χ2v) is 8.45. The number of nitrogens with zero attached hydrogens (tertiary/aromatic N) is 1. The number of amides is 3. The Kier molecular flexibility index (Phi) is 6.20. The Morgan fingerprint density at radius 2 is 1.42 bits per heavy atom. The van der Waals surface area contributed by atoms with E-state index in [-0.39, 0.29) is 13.2 Å². The quantitative estimate of drug-likeness (QED) is 0.543. The Hall–Kier alpha value is -3.64. The number of imide groups is 1. The highest BCUT2D eigenvalue weighted by Crippen LogP contribution is 2.36. The molecule has 1 aliphatic rings. The first-order valence-corrected chi connectivity index (χ1v) is 11.0. The van der Waals surface area contributed by atoms with Crippen molar-refractivity contribution in [2.75, 3.05) is 13.2 Å². The summed E-state index contributed by atoms with van der Waals surface area (Å²) in [6.45, 7) is 5.70. The number of β-amino-alcohol motifs (C(OH)–C–C–N with tert-alkyl or cyclic N) is 1. The molecule has 6 heteroatoms. The number of benzene rings is 3. The van der Waals surface area contributed by atoms with E-state index in [1.807, 2.05) is 93.6 Å². The lowest BCUT2D eigenvalue weighted by Gasteiger charge is -2.28. The maximum absolute atomic E-state index is 13.7. The van der Waals surface area contributed by atoms with E-state index in [1.165, 1.54) is 0 Å². The smallest absolute Gasteiger partial charge is 0.325 e. The van der Waals surface area contributed by atoms with Crippen LogP contribution in [0.1, 0.15) is 27.8 Å². The molecule has 1 saturated heterocycles. The van der Waals surface area contributed by atoms with E-state index in [1.54, 1.807) is 0 Å². The molecule has 6 nitrogen and oxygen atoms in total. The lowest BCUT2D eigenvalue weighted by molar-refractivity contribution is -0.131. The van der Waals surface area contributed by atoms with E-state index in [2.05, 4.69) is 5.32 Å². The number of hydrogen-bond acceptors (Lipinski definition) is 4. The van der Waals surface area contributed by atoms with Gasteiger partial charge < -0.3 is 15.2 Å². The van der Waals surface area contributed by atoms with Crippen LogP contribution in [-0.2, 0) is 10.3 Å². The Bertz CT molecular complexity index is 1120. The third-order valence-electron chi connectivity index (χ3n) is 6.21. The van der Waals surface area contributed by atoms with Crippen LogP contribution in [0.5, 0.6) is 5.75 Å². The maximum Gasteiger partial charge on any atom is 0.325 e. The molecule has 0 spiro atoms. The molecule has 0 bridgehead atoms. The summed E-state index contributed by atoms with van der Waals surface area (Å²) in [4.78, 5) is 27.7. The number of ether oxygens (including phenoxy) is 1. The molecule has 3 aromatic rings. The van der Waals surface area contributed by atoms with Gasteiger partial charge in [-0.15, -0.1) is 0 Å². The fraction of sp³-hybridized carbons (Fsp3) is 0.259. The van der Waals surface area contributed by atoms with Gasteiger partial charge in [-0.25, -0.2) is 4.79 Å². The van der Waals surface area contributed by atoms with E-state index < -0.39 is 23.6 Å². The van der Waals surface area contributed by atoms with Crippen molar-refractivity contribution in [2.45, 2.75) is 32.4 Å². The Morgan fingerprint density at radius 3 is 2.00 bits per heavy atom. The summed E-state index contributed by atoms with van der Waals surface area (Å²) >= 11 is 0. The zero-order valence-corrected chi connectivity index (χ0v) is 19.0. The summed E-state index contributed by atoms with van der Waals surface area (Å²) in [6, 6.07) is 21.8. The predicted molar refractivity (Wildman–Crippen MR) is 126 cm³/mol. The van der Waals surface area contributed by atoms with Gasteiger partial charge in [0.05, 0.1) is 6.54 Å². The van der Waals surface area contributed by atoms with Crippen LogP contribution in [0, 0.1) is 20.8 Å². The van der Waals surface area contributed by atoms with Crippen molar-refractivity contribution in [1.29, 1.82) is 0 Å². The molecule has 33 heavy (non-hydrogen) atoms. The molecular formula is C27H28N2O4. The van der Waals surface area contributed by atoms with E-state index in [0.717, 1.165) is 21.6 Å². The van der Waals surface area contributed by atoms with Crippen molar-refractivity contribution in [3.63, 3.8) is 0 Å². The topological polar surface area (TPSA) is 78.9 Å². The standard InChI is InChI=1S/C27H28N2O4/c1-18-14-15-19(2)24(20(18)3)33-17-23(30)16-29-25(31)27(28-26(29)32,21-10-6-4-7-11-21)22-12-8-5-9-13-22/h4-15,23,30H,16-17H2,1-3H3,(H,28,32). The van der Waals surface area contributed by atoms with Crippen molar-refractivity contribution in [3.05, 3.63) is 101 Å². The van der Waals surface area contributed by atoms with Gasteiger partial charge in [-0.1, -0.05) is 72.8 Å². The van der Waals surface area contributed by atoms with Gasteiger partial charge in [0.2, 0.25) is 0 Å². The average Bonchev–Trinajstić information content (AvgIpc) is 3.08. The Morgan fingerprint density at radius 1 is 0.879 bits per heavy atom. The molecular weight excluding hydrogens is 416 g/mol. The van der Waals surface area contributed by atoms with Crippen molar-refractivity contribution in [1.82, 2.24) is 10.2 Å². The van der Waals surface area contributed by atoms with Crippen molar-refractivity contribution < 1.29 is 19.4 Å². The number of carbonyl (C=O) groups is 2. The van der Waals surface area contributed by atoms with Gasteiger partial charge >= 0.3 is 6.03 Å². The first-order chi connectivity index (χ1) is 15.8. The summed E-state index contributed by atoms with van der Waals surface area (Å²) in [6.07, 6.45) is -1.04. The van der Waals surface area contributed by atoms with Gasteiger partial charge in [0.25, 0.3) is 5.91 Å². The highest BCUT2D eigenvalue weighted by Gasteiger charge is 2.53. The van der Waals surface area contributed by atoms with Gasteiger partial charge in [-0.3, -0.25) is 9.69 Å². The number of urea groups is 1. The summed E-state index contributed by atoms with van der Waals surface area (Å²) < 4.78 is 5.89. The Labute approximate surface area is 193 Å². The zero-order valence-electron chi connectivity index (χ0n) is 19.0. The summed E-state index contributed by atoms with van der Waals surface area (Å²) in [5.74, 6) is 0.293. The van der Waals surface area contributed by atoms with Crippen LogP contribution >= 0.6 is 0 Å². The minimum absolute atomic E-state index is 0.0358. The molecule has 1 fully saturated rings. The van der Waals surface area contributed by atoms with Gasteiger partial charge in [0.1, 0.15) is 18.5 Å². The fourth-order valence-electron chi connectivity index (χ4n) is 4.27. The molecule has 2 N–H and O–H groups in total. The second-order valence-electron chi connectivity index (χ2n) is 8.45. The van der Waals surface area contributed by atoms with Gasteiger partial charge in [-0.2, -0.15) is 0 Å². The summed E-state index contributed by atoms with van der Waals surface area (Å²) in [5.41, 5.74) is 3.04. The first-order valence-electron chi connectivity index (χ1n) is 11.0. The first kappa shape index (κ1) is 22.6. The maximum atomic E-state index is 13.7. The van der Waals surface area contributed by atoms with Crippen molar-refractivity contribution >= 4 is 11.9 Å². The second kappa shape index (κ2) is 9.08. The Balaban J connectivity index is 1.57. The lowest BCUT2D eigenvalue weighted by Crippen LogP contribution is -2.46. The molecule has 0 radical (unpaired) electrons. The van der Waals surface area contributed by atoms with Gasteiger partial charge in [0.15, 0.2) is 5.54 Å². The number of aryl methyl sites for hydroxylation is 2. The molecule has 1 heterocycles. The van der Waals surface area contributed by atoms with Crippen LogP contribution in [0.25, 0.3) is 0 Å². The predicted octanol–water partition coefficient (Wildman–Crippen LogP) is 3.85. The minimum Gasteiger partial charge on any atom is -0.490 e. The van der Waals surface area contributed by atoms with Crippen LogP contribution in [-0.4, -0.2) is 41.2 Å². The number of aliphatic hydroxyl groups is 1. The van der Waals surface area contributed by atoms with Crippen molar-refractivity contribution in [3.8, 4) is 5.75 Å². The van der Waals surface area contributed by atoms with Crippen LogP contribution in [0.3, 0.4) is 0 Å². The molecule has 1 unspecified atom stereocenters. The molecule has 170 valence electrons. The largest absolute Gasteiger partial charge is 0.490 e. The third-order valence-corrected chi connectivity index (χ3v) is 6.21. The molecule has 3 amide bonds. The monoisotopic (exact) mass is 444 g/mol. The van der Waals surface area contributed by atoms with Crippen LogP contribution in [0.4, 0.5) is 4.79 Å². The molecule has 0 aliphatic carbocycles. The van der Waals surface area contributed by atoms with E-state index in [9.17, 15) is 14.7 Å². The number of rotatable bonds is 7. The zero-order chi connectivity index (χ0) is 23.6. The number of hydrogen-bond donors (Lipinski definition) is 2. The molecule has 1 atom stereocenters. The lowest BCUT2D eigenvalue weighted by atomic mass is 9.82. The number of carbonyl (C=O) groups excluding carboxylic acids is 2. The van der Waals surface area contributed by atoms with Gasteiger partial charge in [0, 0.05) is 0 Å². The van der Waals surface area contributed by atoms with E-state index >= 15 is 0 Å². The van der Waals surface area contributed by atoms with E-state index in [4.69, 9.17) is 4.74 Å². The molecule has 1 aliphatic heterocycles. The normalized spacial score (nSPS) is 15.9. The molecule has 3 aromatic carbocycles. The average molecular weight is 445 g/mol. The third kappa shape index (κ3) is 4.10. The minimum atomic E-state index is -1.34. The number of nitrogens with one attached hydrogen (secondary N) is 1. The van der Waals surface area contributed by atoms with Crippen LogP contribution in [0.2, 0.25) is 0 Å². The summed E-state index contributed by atoms with van der Waals surface area (Å²) in [7, 11) is 0. The molecule has 0 saturated carbocycles. The highest BCUT2D eigenvalue weighted by molar-refractivity contribution is 6.09. The van der Waals surface area contributed by atoms with Gasteiger partial charge in [-0.05, 0) is 48.6 Å². The van der Waals surface area contributed by atoms with Crippen LogP contribution in [0.15, 0.2) is 72.8 Å². The van der Waals surface area contributed by atoms with Crippen LogP contribution < -0.4 is 10.1 Å². The molecule has 4 rings (SSSR count). The number of aliphatic hydroxyl groups excluding tert-OH is 1. The van der Waals surface area contributed by atoms with Crippen molar-refractivity contribution in [2.24, 2.45) is 0 Å². The fourth-order valence-corrected chi connectivity index (χ4v) is 4.27.